The summed E-state index contributed by atoms with van der Waals surface area (Å²) in [6, 6.07) is 0.842. The number of fused-ring (bicyclic) bond motifs is 2. The molecule has 2 fully saturated rings. The highest BCUT2D eigenvalue weighted by Gasteiger charge is 2.39. The molecule has 2 rings (SSSR count). The minimum atomic E-state index is 0.842. The van der Waals surface area contributed by atoms with Gasteiger partial charge in [-0.15, -0.1) is 0 Å². The van der Waals surface area contributed by atoms with E-state index in [2.05, 4.69) is 37.9 Å². The zero-order valence-corrected chi connectivity index (χ0v) is 8.41. The van der Waals surface area contributed by atoms with Crippen LogP contribution >= 0.6 is 22.9 Å². The molecule has 0 N–H and O–H groups in total. The zero-order valence-electron chi connectivity index (χ0n) is 6.26. The first-order valence-corrected chi connectivity index (χ1v) is 4.85. The monoisotopic (exact) mass is 252 g/mol. The van der Waals surface area contributed by atoms with Crippen molar-refractivity contribution in [1.29, 1.82) is 0 Å². The van der Waals surface area contributed by atoms with Crippen LogP contribution in [-0.4, -0.2) is 40.7 Å². The Labute approximate surface area is 76.1 Å². The largest absolute Gasteiger partial charge is 0.301 e. The molecule has 3 heteroatoms. The standard InChI is InChI=1S/C7H13IN2/c1-9(8)7-5-10-3-2-6(7)4-10/h6-7H,2-5H2,1H3. The van der Waals surface area contributed by atoms with Gasteiger partial charge >= 0.3 is 0 Å². The molecule has 0 aromatic heterocycles. The highest BCUT2D eigenvalue weighted by atomic mass is 127. The highest BCUT2D eigenvalue weighted by Crippen LogP contribution is 2.31. The van der Waals surface area contributed by atoms with E-state index in [4.69, 9.17) is 0 Å². The van der Waals surface area contributed by atoms with Crippen LogP contribution in [0.5, 0.6) is 0 Å². The molecule has 0 aliphatic carbocycles. The lowest BCUT2D eigenvalue weighted by molar-refractivity contribution is 0.283. The topological polar surface area (TPSA) is 6.48 Å². The SMILES string of the molecule is CN(I)C1CN2CCC1C2. The van der Waals surface area contributed by atoms with E-state index < -0.39 is 0 Å². The van der Waals surface area contributed by atoms with Crippen molar-refractivity contribution in [3.63, 3.8) is 0 Å². The van der Waals surface area contributed by atoms with Crippen molar-refractivity contribution in [2.75, 3.05) is 26.7 Å². The Morgan fingerprint density at radius 3 is 2.60 bits per heavy atom. The Bertz CT molecular complexity index is 138. The average Bonchev–Trinajstić information content (AvgIpc) is 2.44. The molecule has 0 aromatic carbocycles. The normalized spacial score (nSPS) is 45.3. The molecule has 3 atom stereocenters. The summed E-state index contributed by atoms with van der Waals surface area (Å²) in [6.07, 6.45) is 1.43. The molecule has 0 amide bonds. The van der Waals surface area contributed by atoms with Crippen molar-refractivity contribution < 1.29 is 0 Å². The first kappa shape index (κ1) is 7.31. The summed E-state index contributed by atoms with van der Waals surface area (Å²) >= 11 is 2.41. The van der Waals surface area contributed by atoms with Gasteiger partial charge in [0.25, 0.3) is 0 Å². The Kier molecular flexibility index (Phi) is 1.90. The summed E-state index contributed by atoms with van der Waals surface area (Å²) in [5.41, 5.74) is 0. The van der Waals surface area contributed by atoms with Gasteiger partial charge in [-0.3, -0.25) is 0 Å². The molecule has 0 aromatic rings. The molecule has 3 unspecified atom stereocenters. The third-order valence-corrected chi connectivity index (χ3v) is 3.47. The van der Waals surface area contributed by atoms with Crippen LogP contribution in [0.2, 0.25) is 0 Å². The van der Waals surface area contributed by atoms with E-state index in [0.29, 0.717) is 0 Å². The molecule has 10 heavy (non-hydrogen) atoms. The van der Waals surface area contributed by atoms with Gasteiger partial charge in [-0.25, -0.2) is 3.11 Å². The van der Waals surface area contributed by atoms with Gasteiger partial charge in [0.2, 0.25) is 0 Å². The lowest BCUT2D eigenvalue weighted by atomic mass is 10.0. The Balaban J connectivity index is 2.02. The van der Waals surface area contributed by atoms with E-state index in [0.717, 1.165) is 12.0 Å². The van der Waals surface area contributed by atoms with Crippen molar-refractivity contribution in [2.24, 2.45) is 5.92 Å². The van der Waals surface area contributed by atoms with Crippen molar-refractivity contribution in [1.82, 2.24) is 8.01 Å². The summed E-state index contributed by atoms with van der Waals surface area (Å²) in [7, 11) is 2.19. The Morgan fingerprint density at radius 1 is 1.50 bits per heavy atom. The van der Waals surface area contributed by atoms with E-state index >= 15 is 0 Å². The number of halogens is 1. The third kappa shape index (κ3) is 1.08. The molecule has 2 bridgehead atoms. The fraction of sp³-hybridized carbons (Fsp3) is 1.00. The first-order valence-electron chi connectivity index (χ1n) is 3.88. The number of rotatable bonds is 1. The van der Waals surface area contributed by atoms with E-state index in [-0.39, 0.29) is 0 Å². The molecule has 2 aliphatic rings. The number of hydrogen-bond acceptors (Lipinski definition) is 2. The maximum atomic E-state index is 2.57. The first-order chi connectivity index (χ1) is 4.77. The summed E-state index contributed by atoms with van der Waals surface area (Å²) < 4.78 is 2.35. The van der Waals surface area contributed by atoms with Gasteiger partial charge in [0.15, 0.2) is 0 Å². The minimum absolute atomic E-state index is 0.842. The Hall–Kier alpha value is 0.650. The van der Waals surface area contributed by atoms with Gasteiger partial charge < -0.3 is 4.90 Å². The van der Waals surface area contributed by atoms with Crippen molar-refractivity contribution >= 4 is 22.9 Å². The second kappa shape index (κ2) is 2.60. The zero-order chi connectivity index (χ0) is 7.14. The van der Waals surface area contributed by atoms with Crippen molar-refractivity contribution in [2.45, 2.75) is 12.5 Å². The predicted molar refractivity (Wildman–Crippen MR) is 50.1 cm³/mol. The molecule has 0 radical (unpaired) electrons. The van der Waals surface area contributed by atoms with Crippen molar-refractivity contribution in [3.8, 4) is 0 Å². The lowest BCUT2D eigenvalue weighted by Crippen LogP contribution is -2.35. The maximum absolute atomic E-state index is 2.57. The van der Waals surface area contributed by atoms with Crippen molar-refractivity contribution in [3.05, 3.63) is 0 Å². The second-order valence-electron chi connectivity index (χ2n) is 3.40. The molecular weight excluding hydrogens is 239 g/mol. The van der Waals surface area contributed by atoms with Crippen LogP contribution in [0.15, 0.2) is 0 Å². The second-order valence-corrected chi connectivity index (χ2v) is 4.92. The smallest absolute Gasteiger partial charge is 0.0359 e. The summed E-state index contributed by atoms with van der Waals surface area (Å²) in [4.78, 5) is 2.57. The number of hydrogen-bond donors (Lipinski definition) is 0. The molecule has 2 saturated heterocycles. The van der Waals surface area contributed by atoms with Crippen LogP contribution in [0.25, 0.3) is 0 Å². The van der Waals surface area contributed by atoms with Crippen LogP contribution in [0.3, 0.4) is 0 Å². The number of piperidine rings is 1. The number of likely N-dealkylation sites (N-methyl/N-ethyl adjacent to an activating group) is 1. The predicted octanol–water partition coefficient (Wildman–Crippen LogP) is 0.972. The Morgan fingerprint density at radius 2 is 2.30 bits per heavy atom. The molecule has 0 spiro atoms. The maximum Gasteiger partial charge on any atom is 0.0359 e. The molecule has 2 aliphatic heterocycles. The quantitative estimate of drug-likeness (QED) is 0.507. The molecular formula is C7H13IN2. The fourth-order valence-corrected chi connectivity index (χ4v) is 2.79. The average molecular weight is 252 g/mol. The lowest BCUT2D eigenvalue weighted by Gasteiger charge is -2.26. The summed E-state index contributed by atoms with van der Waals surface area (Å²) in [6.45, 7) is 4.02. The molecule has 58 valence electrons. The van der Waals surface area contributed by atoms with Crippen LogP contribution in [0.4, 0.5) is 0 Å². The van der Waals surface area contributed by atoms with Crippen LogP contribution < -0.4 is 0 Å². The van der Waals surface area contributed by atoms with Gasteiger partial charge in [-0.2, -0.15) is 0 Å². The fourth-order valence-electron chi connectivity index (χ4n) is 2.16. The van der Waals surface area contributed by atoms with Gasteiger partial charge in [0, 0.05) is 42.0 Å². The van der Waals surface area contributed by atoms with Crippen LogP contribution in [0, 0.1) is 5.92 Å². The number of nitrogens with zero attached hydrogens (tertiary/aromatic N) is 2. The van der Waals surface area contributed by atoms with Gasteiger partial charge in [-0.05, 0) is 25.9 Å². The highest BCUT2D eigenvalue weighted by molar-refractivity contribution is 14.1. The van der Waals surface area contributed by atoms with E-state index in [1.807, 2.05) is 0 Å². The van der Waals surface area contributed by atoms with E-state index in [1.165, 1.54) is 26.1 Å². The van der Waals surface area contributed by atoms with Crippen LogP contribution in [-0.2, 0) is 0 Å². The van der Waals surface area contributed by atoms with Gasteiger partial charge in [0.1, 0.15) is 0 Å². The van der Waals surface area contributed by atoms with Gasteiger partial charge in [0.05, 0.1) is 0 Å². The van der Waals surface area contributed by atoms with E-state index in [9.17, 15) is 0 Å². The van der Waals surface area contributed by atoms with E-state index in [1.54, 1.807) is 0 Å². The molecule has 2 heterocycles. The molecule has 2 nitrogen and oxygen atoms in total. The third-order valence-electron chi connectivity index (χ3n) is 2.76. The summed E-state index contributed by atoms with van der Waals surface area (Å²) in [5.74, 6) is 0.974. The minimum Gasteiger partial charge on any atom is -0.301 e. The van der Waals surface area contributed by atoms with Gasteiger partial charge in [-0.1, -0.05) is 0 Å². The van der Waals surface area contributed by atoms with Crippen LogP contribution in [0.1, 0.15) is 6.42 Å². The summed E-state index contributed by atoms with van der Waals surface area (Å²) in [5, 5.41) is 0. The molecule has 0 saturated carbocycles.